The monoisotopic (exact) mass is 1120 g/mol. The number of benzene rings is 3. The quantitative estimate of drug-likeness (QED) is 0.177. The first-order valence-electron chi connectivity index (χ1n) is 26.9. The van der Waals surface area contributed by atoms with Gasteiger partial charge in [-0.1, -0.05) is 88.3 Å². The second-order valence-corrected chi connectivity index (χ2v) is 22.1. The summed E-state index contributed by atoms with van der Waals surface area (Å²) < 4.78 is 23.9. The van der Waals surface area contributed by atoms with Crippen LogP contribution in [0.5, 0.6) is 0 Å². The zero-order valence-corrected chi connectivity index (χ0v) is 45.0. The highest BCUT2D eigenvalue weighted by Crippen LogP contribution is 2.67. The van der Waals surface area contributed by atoms with Gasteiger partial charge in [0.15, 0.2) is 51.0 Å². The van der Waals surface area contributed by atoms with Crippen molar-refractivity contribution in [1.29, 1.82) is 0 Å². The largest absolute Gasteiger partial charge is 0.338 e. The van der Waals surface area contributed by atoms with Gasteiger partial charge in [-0.25, -0.2) is 29.9 Å². The van der Waals surface area contributed by atoms with E-state index in [1.807, 2.05) is 0 Å². The van der Waals surface area contributed by atoms with Crippen molar-refractivity contribution < 1.29 is 13.6 Å². The van der Waals surface area contributed by atoms with E-state index in [2.05, 4.69) is 138 Å². The lowest BCUT2D eigenvalue weighted by molar-refractivity contribution is 0.363. The molecule has 410 valence electrons. The number of hydrogen-bond donors (Lipinski definition) is 1. The van der Waals surface area contributed by atoms with Crippen molar-refractivity contribution in [2.24, 2.45) is 38.9 Å². The summed E-state index contributed by atoms with van der Waals surface area (Å²) in [6.45, 7) is 0.414. The Morgan fingerprint density at radius 2 is 0.841 bits per heavy atom. The van der Waals surface area contributed by atoms with Crippen molar-refractivity contribution in [2.75, 3.05) is 0 Å². The first kappa shape index (κ1) is 49.5. The molecule has 0 spiro atoms. The summed E-state index contributed by atoms with van der Waals surface area (Å²) in [6.07, 6.45) is 12.3. The number of H-pyrrole nitrogens is 1. The van der Waals surface area contributed by atoms with Gasteiger partial charge < -0.3 is 32.3 Å². The Bertz CT molecular complexity index is 4440. The van der Waals surface area contributed by atoms with E-state index in [0.717, 1.165) is 36.7 Å². The summed E-state index contributed by atoms with van der Waals surface area (Å²) >= 11 is 5.67. The van der Waals surface area contributed by atoms with Gasteiger partial charge in [0.05, 0.1) is 25.3 Å². The SMILES string of the molecule is ClCc1nc([C@H]2[C@@H]3Cc4ccccc4[C@@H]32)no1.Cn1cnc2nc[nH]c(=O)c21.Cn1cnc2ncn(Cc3nc([C@@H]4[C@H]5Cc6ccccc6[C@H]54)no3)c(=O)c21.Cn1cnc2ncn(Cc3nc([C@H]4[C@@H]5Cc6ccccc6[C@@H]54)no3)c(=O)c21. The van der Waals surface area contributed by atoms with E-state index >= 15 is 0 Å². The first-order valence-corrected chi connectivity index (χ1v) is 27.5. The second kappa shape index (κ2) is 19.3. The summed E-state index contributed by atoms with van der Waals surface area (Å²) in [4.78, 5) is 76.8. The standard InChI is InChI=1S/2C19H16N6O2.C13H11ClN2O.C6H6N4O/c2*1-24-8-20-18-16(24)19(26)25(9-21-18)7-13-22-17(23-27-13)15-12-6-10-4-2-3-5-11(10)14(12)15;14-6-10-15-13(16-17-10)12-9-5-7-3-1-2-4-8(7)11(9)12;1-10-3-9-5-4(10)6(11)8-2-7-5/h2*2-5,8-9,12,14-15H,6-7H2,1H3;1-4,9,11-12H,5-6H2;2-3H,1H3,(H,7,8,11)/t2*12-,14+,15+;9-,11+,12+;/m101./s1. The molecule has 6 aliphatic carbocycles. The smallest absolute Gasteiger partial charge is 0.280 e. The molecule has 0 saturated heterocycles. The number of nitrogens with one attached hydrogen (secondary N) is 1. The van der Waals surface area contributed by atoms with Gasteiger partial charge in [-0.2, -0.15) is 15.0 Å². The summed E-state index contributed by atoms with van der Waals surface area (Å²) in [5, 5.41) is 12.4. The van der Waals surface area contributed by atoms with Crippen LogP contribution in [0.1, 0.15) is 104 Å². The number of alkyl halides is 1. The van der Waals surface area contributed by atoms with Crippen molar-refractivity contribution in [2.45, 2.75) is 73.7 Å². The van der Waals surface area contributed by atoms with Gasteiger partial charge in [-0.05, 0) is 88.2 Å². The van der Waals surface area contributed by atoms with E-state index in [4.69, 9.17) is 25.2 Å². The average molecular weight is 1120 g/mol. The molecule has 0 radical (unpaired) electrons. The highest BCUT2D eigenvalue weighted by atomic mass is 35.5. The van der Waals surface area contributed by atoms with E-state index in [1.165, 1.54) is 61.5 Å². The minimum Gasteiger partial charge on any atom is -0.338 e. The van der Waals surface area contributed by atoms with Crippen LogP contribution < -0.4 is 16.7 Å². The predicted molar refractivity (Wildman–Crippen MR) is 293 cm³/mol. The molecule has 0 amide bonds. The molecule has 12 aromatic rings. The topological polar surface area (TPSA) is 286 Å². The normalized spacial score (nSPS) is 22.4. The lowest BCUT2D eigenvalue weighted by Crippen LogP contribution is -2.22. The zero-order valence-electron chi connectivity index (χ0n) is 44.3. The van der Waals surface area contributed by atoms with Gasteiger partial charge >= 0.3 is 0 Å². The van der Waals surface area contributed by atoms with Gasteiger partial charge in [0, 0.05) is 38.9 Å². The summed E-state index contributed by atoms with van der Waals surface area (Å²) in [6, 6.07) is 25.8. The molecule has 18 rings (SSSR count). The fraction of sp³-hybridized carbons (Fsp3) is 0.316. The molecule has 25 heteroatoms. The van der Waals surface area contributed by atoms with Gasteiger partial charge in [0.2, 0.25) is 17.7 Å². The number of imidazole rings is 3. The van der Waals surface area contributed by atoms with Crippen LogP contribution in [0.4, 0.5) is 0 Å². The average Bonchev–Trinajstić information content (AvgIpc) is 2.42. The molecule has 3 aromatic carbocycles. The Labute approximate surface area is 467 Å². The first-order chi connectivity index (χ1) is 40.1. The second-order valence-electron chi connectivity index (χ2n) is 21.8. The lowest BCUT2D eigenvalue weighted by Gasteiger charge is -2.04. The number of fused-ring (bicyclic) bond motifs is 12. The third-order valence-electron chi connectivity index (χ3n) is 17.1. The summed E-state index contributed by atoms with van der Waals surface area (Å²) in [7, 11) is 5.31. The molecule has 9 aromatic heterocycles. The van der Waals surface area contributed by atoms with E-state index in [9.17, 15) is 14.4 Å². The Hall–Kier alpha value is -9.58. The van der Waals surface area contributed by atoms with E-state index in [1.54, 1.807) is 53.8 Å². The Morgan fingerprint density at radius 1 is 0.476 bits per heavy atom. The minimum absolute atomic E-state index is 0.157. The molecule has 9 heterocycles. The Kier molecular flexibility index (Phi) is 11.6. The number of halogens is 1. The number of hydrogen-bond acceptors (Lipinski definition) is 18. The number of aromatic amines is 1. The number of aromatic nitrogens is 18. The van der Waals surface area contributed by atoms with Crippen LogP contribution in [0.3, 0.4) is 0 Å². The molecule has 82 heavy (non-hydrogen) atoms. The van der Waals surface area contributed by atoms with E-state index in [0.29, 0.717) is 110 Å². The molecule has 3 saturated carbocycles. The Morgan fingerprint density at radius 3 is 1.24 bits per heavy atom. The molecule has 1 N–H and O–H groups in total. The van der Waals surface area contributed by atoms with Crippen molar-refractivity contribution in [3.63, 3.8) is 0 Å². The fourth-order valence-electron chi connectivity index (χ4n) is 13.2. The molecular weight excluding hydrogens is 1070 g/mol. The van der Waals surface area contributed by atoms with E-state index in [-0.39, 0.29) is 29.8 Å². The van der Waals surface area contributed by atoms with E-state index < -0.39 is 0 Å². The van der Waals surface area contributed by atoms with Crippen LogP contribution >= 0.6 is 11.6 Å². The van der Waals surface area contributed by atoms with Crippen molar-refractivity contribution in [3.05, 3.63) is 210 Å². The van der Waals surface area contributed by atoms with Crippen LogP contribution in [-0.4, -0.2) is 88.1 Å². The molecule has 3 fully saturated rings. The number of aryl methyl sites for hydroxylation is 3. The maximum atomic E-state index is 12.6. The summed E-state index contributed by atoms with van der Waals surface area (Å²) in [5.41, 5.74) is 11.0. The van der Waals surface area contributed by atoms with Gasteiger partial charge in [-0.15, -0.1) is 11.6 Å². The molecule has 0 bridgehead atoms. The molecular formula is C57H49ClN18O6. The molecule has 6 aliphatic rings. The maximum absolute atomic E-state index is 12.6. The third-order valence-corrected chi connectivity index (χ3v) is 17.3. The summed E-state index contributed by atoms with van der Waals surface area (Å²) in [5.74, 6) is 8.53. The molecule has 24 nitrogen and oxygen atoms in total. The predicted octanol–water partition coefficient (Wildman–Crippen LogP) is 5.75. The molecule has 0 aliphatic heterocycles. The van der Waals surface area contributed by atoms with Gasteiger partial charge in [0.25, 0.3) is 16.7 Å². The molecule has 0 unspecified atom stereocenters. The maximum Gasteiger partial charge on any atom is 0.280 e. The van der Waals surface area contributed by atoms with Gasteiger partial charge in [0.1, 0.15) is 31.6 Å². The van der Waals surface area contributed by atoms with Crippen LogP contribution in [0.15, 0.2) is 139 Å². The third kappa shape index (κ3) is 8.36. The number of nitrogens with zero attached hydrogens (tertiary/aromatic N) is 17. The Balaban J connectivity index is 0.0000000984. The minimum atomic E-state index is -0.169. The van der Waals surface area contributed by atoms with Crippen molar-refractivity contribution in [3.8, 4) is 0 Å². The molecule has 9 atom stereocenters. The van der Waals surface area contributed by atoms with Crippen LogP contribution in [0.25, 0.3) is 33.5 Å². The fourth-order valence-corrected chi connectivity index (χ4v) is 13.3. The number of rotatable bonds is 8. The zero-order chi connectivity index (χ0) is 55.5. The van der Waals surface area contributed by atoms with Crippen LogP contribution in [0, 0.1) is 17.8 Å². The van der Waals surface area contributed by atoms with Crippen molar-refractivity contribution >= 4 is 45.1 Å². The highest BCUT2D eigenvalue weighted by Gasteiger charge is 2.60. The lowest BCUT2D eigenvalue weighted by atomic mass is 10.0. The van der Waals surface area contributed by atoms with Gasteiger partial charge in [-0.3, -0.25) is 23.5 Å². The van der Waals surface area contributed by atoms with Crippen LogP contribution in [0.2, 0.25) is 0 Å². The van der Waals surface area contributed by atoms with Crippen LogP contribution in [-0.2, 0) is 59.4 Å². The highest BCUT2D eigenvalue weighted by molar-refractivity contribution is 6.16. The van der Waals surface area contributed by atoms with Crippen molar-refractivity contribution in [1.82, 2.24) is 88.1 Å².